The summed E-state index contributed by atoms with van der Waals surface area (Å²) < 4.78 is 46.2. The Morgan fingerprint density at radius 2 is 1.23 bits per heavy atom. The van der Waals surface area contributed by atoms with Crippen molar-refractivity contribution in [2.24, 2.45) is 17.8 Å². The van der Waals surface area contributed by atoms with Crippen LogP contribution in [-0.2, 0) is 29.3 Å². The summed E-state index contributed by atoms with van der Waals surface area (Å²) in [5, 5.41) is 10.0. The molecule has 64 heavy (non-hydrogen) atoms. The lowest BCUT2D eigenvalue weighted by molar-refractivity contribution is -0.0932. The first-order valence-electron chi connectivity index (χ1n) is 20.9. The molecule has 17 heteroatoms. The molecule has 2 N–H and O–H groups in total. The minimum Gasteiger partial charge on any atom is -0.497 e. The quantitative estimate of drug-likeness (QED) is 0.121. The second kappa shape index (κ2) is 20.1. The van der Waals surface area contributed by atoms with Gasteiger partial charge in [-0.15, -0.1) is 0 Å². The van der Waals surface area contributed by atoms with E-state index in [-0.39, 0.29) is 12.5 Å². The fraction of sp³-hybridized carbons (Fsp3) is 0.404. The maximum absolute atomic E-state index is 13.3. The van der Waals surface area contributed by atoms with Gasteiger partial charge in [0.15, 0.2) is 12.5 Å². The van der Waals surface area contributed by atoms with Gasteiger partial charge >= 0.3 is 11.4 Å². The standard InChI is InChI=1S/C47H53N6O11/c1-29(26-48)40-36(63-44(42(40)61-6)53-25-22-39(55)50-46(53)57)27-51(2)23-20-35-37(64-43(41(35)60-5)52-24-21-38(54)49-45(52)56)28-62-47(30-10-8-7-9-11-30,31-12-16-33(58-3)17-13-31)32-14-18-34(59-4)19-15-32/h7-19,21-22,24-25,29,35-37,40-44H,1,20,23,27-28H2,2-6H3,(H,49,54,56)(H,50,55,57)/t29?,35-,36+,37-,40-,41-,42-,43-,44-/m1/s1. The number of nitrogens with one attached hydrogen (secondary N) is 2. The van der Waals surface area contributed by atoms with Gasteiger partial charge in [0.25, 0.3) is 11.1 Å². The Morgan fingerprint density at radius 3 is 1.72 bits per heavy atom. The molecule has 0 bridgehead atoms. The van der Waals surface area contributed by atoms with Gasteiger partial charge in [-0.25, -0.2) is 9.59 Å². The minimum atomic E-state index is -1.18. The molecule has 2 aromatic heterocycles. The van der Waals surface area contributed by atoms with E-state index >= 15 is 0 Å². The van der Waals surface area contributed by atoms with Crippen LogP contribution in [0.15, 0.2) is 123 Å². The average molecular weight is 878 g/mol. The van der Waals surface area contributed by atoms with Gasteiger partial charge in [0, 0.05) is 57.1 Å². The van der Waals surface area contributed by atoms with E-state index in [1.54, 1.807) is 21.3 Å². The highest BCUT2D eigenvalue weighted by molar-refractivity contribution is 5.49. The lowest BCUT2D eigenvalue weighted by atomic mass is 9.79. The Bertz CT molecular complexity index is 2560. The third-order valence-corrected chi connectivity index (χ3v) is 12.3. The van der Waals surface area contributed by atoms with Gasteiger partial charge in [0.05, 0.1) is 45.0 Å². The molecule has 7 rings (SSSR count). The van der Waals surface area contributed by atoms with Crippen molar-refractivity contribution < 1.29 is 33.2 Å². The highest BCUT2D eigenvalue weighted by atomic mass is 16.6. The monoisotopic (exact) mass is 877 g/mol. The molecule has 5 aromatic rings. The predicted octanol–water partition coefficient (Wildman–Crippen LogP) is 3.47. The van der Waals surface area contributed by atoms with E-state index in [0.717, 1.165) is 16.7 Å². The van der Waals surface area contributed by atoms with Crippen molar-refractivity contribution in [2.45, 2.75) is 48.9 Å². The SMILES string of the molecule is [CH2]C(C#N)[C@H]1[C@@H](OC)[C@H](n2ccc(=O)[nH]c2=O)O[C@H]1CN(C)CC[C@H]1[C@@H](OC)[C@H](n2ccc(=O)[nH]c2=O)O[C@@H]1COC(c1ccccc1)(c1ccc(OC)cc1)c1ccc(OC)cc1. The Balaban J connectivity index is 1.22. The third kappa shape index (κ3) is 9.25. The number of nitrogens with zero attached hydrogens (tertiary/aromatic N) is 4. The molecule has 0 saturated carbocycles. The number of hydrogen-bond donors (Lipinski definition) is 2. The number of nitriles is 1. The zero-order valence-electron chi connectivity index (χ0n) is 36.3. The number of rotatable bonds is 18. The number of ether oxygens (including phenoxy) is 7. The first-order valence-corrected chi connectivity index (χ1v) is 20.9. The number of aromatic nitrogens is 4. The van der Waals surface area contributed by atoms with Crippen LogP contribution in [-0.4, -0.2) is 104 Å². The second-order valence-corrected chi connectivity index (χ2v) is 15.9. The molecule has 4 heterocycles. The minimum absolute atomic E-state index is 0.0279. The first kappa shape index (κ1) is 45.9. The molecule has 3 aromatic carbocycles. The molecule has 0 aliphatic carbocycles. The summed E-state index contributed by atoms with van der Waals surface area (Å²) >= 11 is 0. The maximum Gasteiger partial charge on any atom is 0.330 e. The van der Waals surface area contributed by atoms with E-state index in [1.165, 1.54) is 40.8 Å². The zero-order valence-corrected chi connectivity index (χ0v) is 36.3. The summed E-state index contributed by atoms with van der Waals surface area (Å²) in [7, 11) is 8.16. The number of H-pyrrole nitrogens is 2. The first-order chi connectivity index (χ1) is 30.9. The number of methoxy groups -OCH3 is 4. The fourth-order valence-corrected chi connectivity index (χ4v) is 9.10. The van der Waals surface area contributed by atoms with Crippen molar-refractivity contribution in [3.05, 3.63) is 169 Å². The Labute approximate surface area is 369 Å². The van der Waals surface area contributed by atoms with Crippen LogP contribution in [0.3, 0.4) is 0 Å². The van der Waals surface area contributed by atoms with Crippen LogP contribution < -0.4 is 32.0 Å². The molecule has 2 fully saturated rings. The lowest BCUT2D eigenvalue weighted by Gasteiger charge is -2.37. The molecule has 337 valence electrons. The van der Waals surface area contributed by atoms with Crippen LogP contribution in [0.5, 0.6) is 11.5 Å². The van der Waals surface area contributed by atoms with E-state index in [1.807, 2.05) is 90.8 Å². The van der Waals surface area contributed by atoms with Crippen LogP contribution in [0.25, 0.3) is 0 Å². The van der Waals surface area contributed by atoms with Gasteiger partial charge < -0.3 is 38.1 Å². The largest absolute Gasteiger partial charge is 0.497 e. The summed E-state index contributed by atoms with van der Waals surface area (Å²) in [6.07, 6.45) is -1.33. The zero-order chi connectivity index (χ0) is 45.5. The number of aromatic amines is 2. The predicted molar refractivity (Wildman–Crippen MR) is 234 cm³/mol. The lowest BCUT2D eigenvalue weighted by Crippen LogP contribution is -2.41. The van der Waals surface area contributed by atoms with Crippen molar-refractivity contribution in [3.63, 3.8) is 0 Å². The van der Waals surface area contributed by atoms with Crippen LogP contribution in [0.4, 0.5) is 0 Å². The van der Waals surface area contributed by atoms with Crippen molar-refractivity contribution in [2.75, 3.05) is 55.2 Å². The molecule has 17 nitrogen and oxygen atoms in total. The van der Waals surface area contributed by atoms with Crippen molar-refractivity contribution >= 4 is 0 Å². The molecule has 1 unspecified atom stereocenters. The Kier molecular flexibility index (Phi) is 14.4. The smallest absolute Gasteiger partial charge is 0.330 e. The summed E-state index contributed by atoms with van der Waals surface area (Å²) in [6.45, 7) is 4.88. The Morgan fingerprint density at radius 1 is 0.734 bits per heavy atom. The molecular weight excluding hydrogens is 825 g/mol. The van der Waals surface area contributed by atoms with Crippen LogP contribution in [0.2, 0.25) is 0 Å². The molecule has 1 radical (unpaired) electrons. The topological polar surface area (TPSA) is 201 Å². The van der Waals surface area contributed by atoms with Gasteiger partial charge in [-0.3, -0.25) is 28.7 Å². The van der Waals surface area contributed by atoms with E-state index in [2.05, 4.69) is 23.0 Å². The van der Waals surface area contributed by atoms with Gasteiger partial charge in [-0.05, 0) is 67.9 Å². The van der Waals surface area contributed by atoms with Crippen molar-refractivity contribution in [1.82, 2.24) is 24.0 Å². The summed E-state index contributed by atoms with van der Waals surface area (Å²) in [5.74, 6) is -0.329. The van der Waals surface area contributed by atoms with E-state index in [9.17, 15) is 24.4 Å². The molecule has 2 aliphatic heterocycles. The van der Waals surface area contributed by atoms with E-state index in [0.29, 0.717) is 31.0 Å². The summed E-state index contributed by atoms with van der Waals surface area (Å²) in [6, 6.07) is 29.9. The third-order valence-electron chi connectivity index (χ3n) is 12.3. The average Bonchev–Trinajstić information content (AvgIpc) is 3.85. The number of likely N-dealkylation sites (N-methyl/N-ethyl adjacent to an activating group) is 1. The molecule has 2 aliphatic rings. The van der Waals surface area contributed by atoms with Crippen molar-refractivity contribution in [3.8, 4) is 17.6 Å². The van der Waals surface area contributed by atoms with Gasteiger partial charge in [-0.2, -0.15) is 5.26 Å². The van der Waals surface area contributed by atoms with Gasteiger partial charge in [0.1, 0.15) is 29.3 Å². The van der Waals surface area contributed by atoms with E-state index < -0.39 is 76.8 Å². The second-order valence-electron chi connectivity index (χ2n) is 15.9. The molecule has 2 saturated heterocycles. The summed E-state index contributed by atoms with van der Waals surface area (Å²) in [5.41, 5.74) is -1.12. The summed E-state index contributed by atoms with van der Waals surface area (Å²) in [4.78, 5) is 56.8. The Hall–Kier alpha value is -6.13. The molecule has 9 atom stereocenters. The fourth-order valence-electron chi connectivity index (χ4n) is 9.10. The molecular formula is C47H53N6O11. The van der Waals surface area contributed by atoms with Crippen LogP contribution in [0.1, 0.15) is 35.6 Å². The molecule has 0 amide bonds. The van der Waals surface area contributed by atoms with Crippen LogP contribution in [0, 0.1) is 36.0 Å². The number of hydrogen-bond acceptors (Lipinski definition) is 13. The van der Waals surface area contributed by atoms with Gasteiger partial charge in [-0.1, -0.05) is 54.6 Å². The van der Waals surface area contributed by atoms with Crippen molar-refractivity contribution in [1.29, 1.82) is 5.26 Å². The normalized spacial score (nSPS) is 23.8. The van der Waals surface area contributed by atoms with Crippen LogP contribution >= 0.6 is 0 Å². The van der Waals surface area contributed by atoms with E-state index in [4.69, 9.17) is 33.2 Å². The maximum atomic E-state index is 13.3. The molecule has 0 spiro atoms. The van der Waals surface area contributed by atoms with Gasteiger partial charge in [0.2, 0.25) is 0 Å². The number of benzene rings is 3. The highest BCUT2D eigenvalue weighted by Crippen LogP contribution is 2.45. The highest BCUT2D eigenvalue weighted by Gasteiger charge is 2.50.